The minimum atomic E-state index is -4.47. The standard InChI is InChI=1S/C7H13N2O6P/c1-4(16(13,14)15)9-3-2-7(8,5(9)10)6(11)12/h4H,2-3,8H2,1H3,(H,11,12)(H2,13,14,15). The van der Waals surface area contributed by atoms with Crippen LogP contribution in [0.15, 0.2) is 0 Å². The van der Waals surface area contributed by atoms with E-state index in [0.717, 1.165) is 11.8 Å². The largest absolute Gasteiger partial charge is 0.479 e. The van der Waals surface area contributed by atoms with Crippen molar-refractivity contribution in [2.24, 2.45) is 5.73 Å². The second-order valence-corrected chi connectivity index (χ2v) is 5.67. The summed E-state index contributed by atoms with van der Waals surface area (Å²) >= 11 is 0. The Bertz CT molecular complexity index is 379. The maximum atomic E-state index is 11.6. The lowest BCUT2D eigenvalue weighted by atomic mass is 10.00. The van der Waals surface area contributed by atoms with Crippen LogP contribution >= 0.6 is 7.60 Å². The first-order valence-electron chi connectivity index (χ1n) is 4.49. The molecule has 2 unspecified atom stereocenters. The van der Waals surface area contributed by atoms with Crippen molar-refractivity contribution in [3.05, 3.63) is 0 Å². The number of hydrogen-bond acceptors (Lipinski definition) is 4. The number of nitrogens with two attached hydrogens (primary N) is 1. The average Bonchev–Trinajstić information content (AvgIpc) is 2.43. The van der Waals surface area contributed by atoms with Crippen molar-refractivity contribution >= 4 is 19.5 Å². The molecule has 0 aromatic heterocycles. The SMILES string of the molecule is CC(N1CCC(N)(C(=O)O)C1=O)P(=O)(O)O. The quantitative estimate of drug-likeness (QED) is 0.354. The summed E-state index contributed by atoms with van der Waals surface area (Å²) in [6.07, 6.45) is -0.161. The summed E-state index contributed by atoms with van der Waals surface area (Å²) in [7, 11) is -4.47. The van der Waals surface area contributed by atoms with E-state index in [1.807, 2.05) is 0 Å². The van der Waals surface area contributed by atoms with Crippen molar-refractivity contribution in [1.29, 1.82) is 0 Å². The lowest BCUT2D eigenvalue weighted by Crippen LogP contribution is -2.55. The van der Waals surface area contributed by atoms with Crippen LogP contribution in [0.1, 0.15) is 13.3 Å². The molecule has 1 heterocycles. The van der Waals surface area contributed by atoms with Crippen LogP contribution < -0.4 is 5.73 Å². The van der Waals surface area contributed by atoms with E-state index < -0.39 is 30.8 Å². The molecule has 0 aromatic carbocycles. The van der Waals surface area contributed by atoms with Crippen LogP contribution in [-0.4, -0.2) is 49.5 Å². The number of likely N-dealkylation sites (tertiary alicyclic amines) is 1. The number of rotatable bonds is 3. The van der Waals surface area contributed by atoms with Gasteiger partial charge in [0.2, 0.25) is 0 Å². The third-order valence-corrected chi connectivity index (χ3v) is 3.96. The molecule has 0 spiro atoms. The van der Waals surface area contributed by atoms with Crippen LogP contribution in [0.3, 0.4) is 0 Å². The van der Waals surface area contributed by atoms with Crippen LogP contribution in [0.2, 0.25) is 0 Å². The van der Waals surface area contributed by atoms with Gasteiger partial charge in [-0.05, 0) is 6.92 Å². The molecule has 92 valence electrons. The number of carbonyl (C=O) groups is 2. The van der Waals surface area contributed by atoms with Gasteiger partial charge < -0.3 is 25.5 Å². The Labute approximate surface area is 91.2 Å². The summed E-state index contributed by atoms with van der Waals surface area (Å²) in [5.41, 5.74) is 3.31. The van der Waals surface area contributed by atoms with E-state index in [1.54, 1.807) is 0 Å². The molecule has 1 aliphatic heterocycles. The van der Waals surface area contributed by atoms with Crippen LogP contribution in [-0.2, 0) is 14.2 Å². The van der Waals surface area contributed by atoms with E-state index in [9.17, 15) is 14.2 Å². The molecule has 0 aliphatic carbocycles. The van der Waals surface area contributed by atoms with E-state index in [4.69, 9.17) is 20.6 Å². The first-order chi connectivity index (χ1) is 7.10. The Balaban J connectivity index is 2.96. The van der Waals surface area contributed by atoms with E-state index in [-0.39, 0.29) is 13.0 Å². The summed E-state index contributed by atoms with van der Waals surface area (Å²) in [6, 6.07) is 0. The van der Waals surface area contributed by atoms with Gasteiger partial charge in [-0.15, -0.1) is 0 Å². The molecule has 9 heteroatoms. The maximum Gasteiger partial charge on any atom is 0.347 e. The van der Waals surface area contributed by atoms with Crippen molar-refractivity contribution in [3.63, 3.8) is 0 Å². The van der Waals surface area contributed by atoms with E-state index in [2.05, 4.69) is 0 Å². The zero-order valence-electron chi connectivity index (χ0n) is 8.53. The number of carbonyl (C=O) groups excluding carboxylic acids is 1. The zero-order valence-corrected chi connectivity index (χ0v) is 9.42. The van der Waals surface area contributed by atoms with Gasteiger partial charge in [0.15, 0.2) is 5.54 Å². The summed E-state index contributed by atoms with van der Waals surface area (Å²) in [5.74, 6) is -3.81. The molecular weight excluding hydrogens is 239 g/mol. The maximum absolute atomic E-state index is 11.6. The highest BCUT2D eigenvalue weighted by molar-refractivity contribution is 7.52. The first-order valence-corrected chi connectivity index (χ1v) is 6.17. The molecule has 1 fully saturated rings. The second kappa shape index (κ2) is 3.81. The summed E-state index contributed by atoms with van der Waals surface area (Å²) in [4.78, 5) is 41.0. The fraction of sp³-hybridized carbons (Fsp3) is 0.714. The molecule has 0 aromatic rings. The monoisotopic (exact) mass is 252 g/mol. The first kappa shape index (κ1) is 13.1. The third-order valence-electron chi connectivity index (χ3n) is 2.71. The van der Waals surface area contributed by atoms with Gasteiger partial charge in [-0.1, -0.05) is 0 Å². The summed E-state index contributed by atoms with van der Waals surface area (Å²) in [6.45, 7) is 1.08. The summed E-state index contributed by atoms with van der Waals surface area (Å²) in [5, 5.41) is 8.78. The number of hydrogen-bond donors (Lipinski definition) is 4. The molecule has 2 atom stereocenters. The fourth-order valence-electron chi connectivity index (χ4n) is 1.50. The minimum absolute atomic E-state index is 0.0755. The average molecular weight is 252 g/mol. The molecule has 16 heavy (non-hydrogen) atoms. The van der Waals surface area contributed by atoms with Gasteiger partial charge in [0.25, 0.3) is 5.91 Å². The van der Waals surface area contributed by atoms with E-state index in [0.29, 0.717) is 0 Å². The number of carboxylic acid groups (broad SMARTS) is 1. The van der Waals surface area contributed by atoms with Gasteiger partial charge in [0.1, 0.15) is 5.78 Å². The Morgan fingerprint density at radius 2 is 2.12 bits per heavy atom. The highest BCUT2D eigenvalue weighted by atomic mass is 31.2. The van der Waals surface area contributed by atoms with Crippen molar-refractivity contribution in [3.8, 4) is 0 Å². The van der Waals surface area contributed by atoms with Crippen LogP contribution in [0.5, 0.6) is 0 Å². The molecule has 1 rings (SSSR count). The van der Waals surface area contributed by atoms with Gasteiger partial charge in [-0.2, -0.15) is 0 Å². The molecule has 1 saturated heterocycles. The van der Waals surface area contributed by atoms with Gasteiger partial charge in [-0.3, -0.25) is 9.36 Å². The number of carboxylic acids is 1. The summed E-state index contributed by atoms with van der Waals surface area (Å²) < 4.78 is 11.0. The van der Waals surface area contributed by atoms with Crippen LogP contribution in [0, 0.1) is 0 Å². The predicted octanol–water partition coefficient (Wildman–Crippen LogP) is -1.48. The Morgan fingerprint density at radius 1 is 1.62 bits per heavy atom. The Kier molecular flexibility index (Phi) is 3.13. The lowest BCUT2D eigenvalue weighted by Gasteiger charge is -2.26. The molecule has 1 amide bonds. The van der Waals surface area contributed by atoms with Gasteiger partial charge in [-0.25, -0.2) is 4.79 Å². The topological polar surface area (TPSA) is 141 Å². The molecule has 5 N–H and O–H groups in total. The second-order valence-electron chi connectivity index (χ2n) is 3.75. The third kappa shape index (κ3) is 1.97. The highest BCUT2D eigenvalue weighted by Gasteiger charge is 2.53. The van der Waals surface area contributed by atoms with Crippen LogP contribution in [0.25, 0.3) is 0 Å². The Morgan fingerprint density at radius 3 is 2.44 bits per heavy atom. The van der Waals surface area contributed by atoms with Crippen molar-refractivity contribution in [2.75, 3.05) is 6.54 Å². The molecule has 0 saturated carbocycles. The predicted molar refractivity (Wildman–Crippen MR) is 52.4 cm³/mol. The van der Waals surface area contributed by atoms with Gasteiger partial charge >= 0.3 is 13.6 Å². The normalized spacial score (nSPS) is 28.2. The van der Waals surface area contributed by atoms with Crippen LogP contribution in [0.4, 0.5) is 0 Å². The molecular formula is C7H13N2O6P. The Hall–Kier alpha value is -0.950. The smallest absolute Gasteiger partial charge is 0.347 e. The molecule has 1 aliphatic rings. The number of aliphatic carboxylic acids is 1. The fourth-order valence-corrected chi connectivity index (χ4v) is 2.08. The van der Waals surface area contributed by atoms with Gasteiger partial charge in [0, 0.05) is 13.0 Å². The van der Waals surface area contributed by atoms with E-state index in [1.165, 1.54) is 0 Å². The van der Waals surface area contributed by atoms with Crippen molar-refractivity contribution < 1.29 is 29.0 Å². The van der Waals surface area contributed by atoms with E-state index >= 15 is 0 Å². The number of amides is 1. The lowest BCUT2D eigenvalue weighted by molar-refractivity contribution is -0.149. The zero-order chi connectivity index (χ0) is 12.7. The minimum Gasteiger partial charge on any atom is -0.479 e. The molecule has 8 nitrogen and oxygen atoms in total. The number of nitrogens with zero attached hydrogens (tertiary/aromatic N) is 1. The van der Waals surface area contributed by atoms with Crippen molar-refractivity contribution in [2.45, 2.75) is 24.7 Å². The molecule has 0 radical (unpaired) electrons. The highest BCUT2D eigenvalue weighted by Crippen LogP contribution is 2.44. The molecule has 0 bridgehead atoms. The van der Waals surface area contributed by atoms with Gasteiger partial charge in [0.05, 0.1) is 0 Å². The van der Waals surface area contributed by atoms with Crippen molar-refractivity contribution in [1.82, 2.24) is 4.90 Å².